The van der Waals surface area contributed by atoms with Gasteiger partial charge in [-0.1, -0.05) is 42.5 Å². The summed E-state index contributed by atoms with van der Waals surface area (Å²) >= 11 is 0. The third kappa shape index (κ3) is 3.04. The van der Waals surface area contributed by atoms with E-state index in [0.29, 0.717) is 0 Å². The van der Waals surface area contributed by atoms with Gasteiger partial charge in [0.05, 0.1) is 16.6 Å². The van der Waals surface area contributed by atoms with Gasteiger partial charge in [0.2, 0.25) is 0 Å². The van der Waals surface area contributed by atoms with E-state index in [1.165, 1.54) is 10.9 Å². The molecule has 0 spiro atoms. The van der Waals surface area contributed by atoms with Gasteiger partial charge in [0.1, 0.15) is 5.69 Å². The minimum atomic E-state index is 0.769. The maximum absolute atomic E-state index is 4.93. The Kier molecular flexibility index (Phi) is 4.26. The molecule has 6 aromatic rings. The summed E-state index contributed by atoms with van der Waals surface area (Å²) in [5.74, 6) is 0.769. The Labute approximate surface area is 184 Å². The zero-order chi connectivity index (χ0) is 21.7. The van der Waals surface area contributed by atoms with Crippen LogP contribution in [0.3, 0.4) is 0 Å². The molecule has 6 heteroatoms. The number of nitrogens with zero attached hydrogens (tertiary/aromatic N) is 4. The van der Waals surface area contributed by atoms with Crippen LogP contribution < -0.4 is 0 Å². The van der Waals surface area contributed by atoms with Crippen LogP contribution in [0.5, 0.6) is 0 Å². The van der Waals surface area contributed by atoms with Crippen molar-refractivity contribution in [3.63, 3.8) is 0 Å². The second-order valence-electron chi connectivity index (χ2n) is 8.38. The first-order chi connectivity index (χ1) is 15.7. The molecule has 32 heavy (non-hydrogen) atoms. The summed E-state index contributed by atoms with van der Waals surface area (Å²) in [4.78, 5) is 15.0. The molecule has 3 heterocycles. The zero-order valence-corrected chi connectivity index (χ0v) is 17.9. The summed E-state index contributed by atoms with van der Waals surface area (Å²) < 4.78 is 0. The van der Waals surface area contributed by atoms with Crippen LogP contribution in [-0.2, 0) is 6.54 Å². The average Bonchev–Trinajstić information content (AvgIpc) is 3.42. The van der Waals surface area contributed by atoms with Gasteiger partial charge in [-0.3, -0.25) is 10.1 Å². The Morgan fingerprint density at radius 1 is 0.875 bits per heavy atom. The lowest BCUT2D eigenvalue weighted by atomic mass is 9.99. The summed E-state index contributed by atoms with van der Waals surface area (Å²) in [6.45, 7) is 0.835. The number of rotatable bonds is 4. The highest BCUT2D eigenvalue weighted by atomic mass is 15.1. The molecule has 0 saturated carbocycles. The molecular formula is C26H22N6. The Balaban J connectivity index is 1.51. The molecule has 3 aromatic heterocycles. The van der Waals surface area contributed by atoms with Gasteiger partial charge in [-0.05, 0) is 48.8 Å². The molecule has 6 nitrogen and oxygen atoms in total. The van der Waals surface area contributed by atoms with E-state index in [2.05, 4.69) is 93.8 Å². The van der Waals surface area contributed by atoms with Crippen molar-refractivity contribution in [1.29, 1.82) is 0 Å². The second-order valence-corrected chi connectivity index (χ2v) is 8.38. The fourth-order valence-electron chi connectivity index (χ4n) is 4.38. The third-order valence-electron chi connectivity index (χ3n) is 5.85. The Bertz CT molecular complexity index is 1590. The molecule has 3 aromatic carbocycles. The van der Waals surface area contributed by atoms with Crippen LogP contribution in [-0.4, -0.2) is 44.1 Å². The van der Waals surface area contributed by atoms with Gasteiger partial charge in [0.25, 0.3) is 0 Å². The van der Waals surface area contributed by atoms with Crippen molar-refractivity contribution in [1.82, 2.24) is 30.0 Å². The largest absolute Gasteiger partial charge is 0.337 e. The first-order valence-corrected chi connectivity index (χ1v) is 10.6. The minimum Gasteiger partial charge on any atom is -0.337 e. The molecule has 6 rings (SSSR count). The van der Waals surface area contributed by atoms with Crippen LogP contribution in [0, 0.1) is 0 Å². The molecule has 0 aliphatic rings. The van der Waals surface area contributed by atoms with E-state index >= 15 is 0 Å². The van der Waals surface area contributed by atoms with Gasteiger partial charge >= 0.3 is 0 Å². The molecule has 0 bridgehead atoms. The van der Waals surface area contributed by atoms with Crippen molar-refractivity contribution >= 4 is 32.7 Å². The maximum atomic E-state index is 4.93. The van der Waals surface area contributed by atoms with Gasteiger partial charge in [-0.15, -0.1) is 0 Å². The number of hydrogen-bond donors (Lipinski definition) is 2. The van der Waals surface area contributed by atoms with Gasteiger partial charge < -0.3 is 9.88 Å². The van der Waals surface area contributed by atoms with Crippen LogP contribution in [0.15, 0.2) is 73.1 Å². The predicted octanol–water partition coefficient (Wildman–Crippen LogP) is 5.38. The van der Waals surface area contributed by atoms with Gasteiger partial charge in [0.15, 0.2) is 5.82 Å². The molecule has 0 fully saturated rings. The normalized spacial score (nSPS) is 11.8. The third-order valence-corrected chi connectivity index (χ3v) is 5.85. The van der Waals surface area contributed by atoms with E-state index in [1.54, 1.807) is 0 Å². The number of H-pyrrole nitrogens is 2. The Morgan fingerprint density at radius 3 is 2.69 bits per heavy atom. The van der Waals surface area contributed by atoms with Crippen molar-refractivity contribution < 1.29 is 0 Å². The number of imidazole rings is 1. The van der Waals surface area contributed by atoms with E-state index < -0.39 is 0 Å². The number of para-hydroxylation sites is 1. The second kappa shape index (κ2) is 7.28. The van der Waals surface area contributed by atoms with E-state index in [-0.39, 0.29) is 0 Å². The minimum absolute atomic E-state index is 0.769. The highest BCUT2D eigenvalue weighted by molar-refractivity contribution is 6.00. The smallest absolute Gasteiger partial charge is 0.159 e. The van der Waals surface area contributed by atoms with E-state index in [0.717, 1.165) is 56.5 Å². The Morgan fingerprint density at radius 2 is 1.78 bits per heavy atom. The topological polar surface area (TPSA) is 73.5 Å². The standard InChI is InChI=1S/C26H22N6/c1-32(2)15-18-7-5-9-23-24(18)29-26(28-23)25-20-12-16(10-11-22(20)30-31-25)21-14-27-13-17-6-3-4-8-19(17)21/h3-14H,15H2,1-2H3,(H,28,29)(H,30,31). The SMILES string of the molecule is CN(C)Cc1cccc2[nH]c(-c3n[nH]c4ccc(-c5cncc6ccccc56)cc34)nc12. The number of nitrogens with one attached hydrogen (secondary N) is 2. The summed E-state index contributed by atoms with van der Waals surface area (Å²) in [5, 5.41) is 11.1. The number of aromatic nitrogens is 5. The quantitative estimate of drug-likeness (QED) is 0.403. The zero-order valence-electron chi connectivity index (χ0n) is 17.9. The maximum Gasteiger partial charge on any atom is 0.159 e. The van der Waals surface area contributed by atoms with E-state index in [9.17, 15) is 0 Å². The molecule has 0 aliphatic heterocycles. The summed E-state index contributed by atoms with van der Waals surface area (Å²) in [7, 11) is 4.13. The first-order valence-electron chi connectivity index (χ1n) is 10.6. The number of aromatic amines is 2. The molecule has 156 valence electrons. The monoisotopic (exact) mass is 418 g/mol. The number of hydrogen-bond acceptors (Lipinski definition) is 4. The summed E-state index contributed by atoms with van der Waals surface area (Å²) in [6.07, 6.45) is 3.83. The molecule has 0 amide bonds. The fourth-order valence-corrected chi connectivity index (χ4v) is 4.38. The van der Waals surface area contributed by atoms with Crippen LogP contribution in [0.2, 0.25) is 0 Å². The molecule has 0 radical (unpaired) electrons. The van der Waals surface area contributed by atoms with Crippen LogP contribution in [0.25, 0.3) is 55.4 Å². The summed E-state index contributed by atoms with van der Waals surface area (Å²) in [6, 6.07) is 20.9. The molecule has 0 atom stereocenters. The van der Waals surface area contributed by atoms with Crippen LogP contribution in [0.4, 0.5) is 0 Å². The Hall–Kier alpha value is -4.03. The first kappa shape index (κ1) is 18.7. The van der Waals surface area contributed by atoms with E-state index in [1.807, 2.05) is 18.5 Å². The number of pyridine rings is 1. The van der Waals surface area contributed by atoms with Gasteiger partial charge in [-0.25, -0.2) is 4.98 Å². The molecule has 2 N–H and O–H groups in total. The van der Waals surface area contributed by atoms with Crippen LogP contribution >= 0.6 is 0 Å². The van der Waals surface area contributed by atoms with Crippen molar-refractivity contribution in [2.45, 2.75) is 6.54 Å². The highest BCUT2D eigenvalue weighted by Crippen LogP contribution is 2.33. The summed E-state index contributed by atoms with van der Waals surface area (Å²) in [5.41, 5.74) is 7.21. The highest BCUT2D eigenvalue weighted by Gasteiger charge is 2.16. The number of fused-ring (bicyclic) bond motifs is 3. The molecule has 0 unspecified atom stereocenters. The van der Waals surface area contributed by atoms with Crippen molar-refractivity contribution in [3.05, 3.63) is 78.6 Å². The van der Waals surface area contributed by atoms with Gasteiger partial charge in [-0.2, -0.15) is 5.10 Å². The molecular weight excluding hydrogens is 396 g/mol. The van der Waals surface area contributed by atoms with Gasteiger partial charge in [0, 0.05) is 35.3 Å². The number of benzene rings is 3. The lowest BCUT2D eigenvalue weighted by Crippen LogP contribution is -2.10. The lowest BCUT2D eigenvalue weighted by molar-refractivity contribution is 0.404. The fraction of sp³-hybridized carbons (Fsp3) is 0.115. The average molecular weight is 419 g/mol. The van der Waals surface area contributed by atoms with Crippen molar-refractivity contribution in [2.24, 2.45) is 0 Å². The molecule has 0 aliphatic carbocycles. The van der Waals surface area contributed by atoms with Crippen molar-refractivity contribution in [3.8, 4) is 22.6 Å². The lowest BCUT2D eigenvalue weighted by Gasteiger charge is -2.09. The molecule has 0 saturated heterocycles. The van der Waals surface area contributed by atoms with Crippen LogP contribution in [0.1, 0.15) is 5.56 Å². The predicted molar refractivity (Wildman–Crippen MR) is 129 cm³/mol. The van der Waals surface area contributed by atoms with E-state index in [4.69, 9.17) is 4.98 Å². The van der Waals surface area contributed by atoms with Crippen molar-refractivity contribution in [2.75, 3.05) is 14.1 Å².